The Bertz CT molecular complexity index is 674. The first-order valence-corrected chi connectivity index (χ1v) is 9.60. The Labute approximate surface area is 157 Å². The predicted octanol–water partition coefficient (Wildman–Crippen LogP) is 0.156. The summed E-state index contributed by atoms with van der Waals surface area (Å²) in [6.45, 7) is 5.88. The van der Waals surface area contributed by atoms with E-state index in [9.17, 15) is 13.6 Å². The molecule has 4 atom stereocenters. The summed E-state index contributed by atoms with van der Waals surface area (Å²) in [6, 6.07) is 1.81. The van der Waals surface area contributed by atoms with Crippen LogP contribution in [0, 0.1) is 6.92 Å². The number of halogens is 2. The van der Waals surface area contributed by atoms with Gasteiger partial charge in [-0.1, -0.05) is 0 Å². The number of piperazine rings is 1. The first-order chi connectivity index (χ1) is 13.0. The fraction of sp³-hybridized carbons (Fsp3) is 0.722. The maximum absolute atomic E-state index is 13.4. The van der Waals surface area contributed by atoms with Gasteiger partial charge >= 0.3 is 0 Å². The zero-order valence-electron chi connectivity index (χ0n) is 15.5. The number of rotatable bonds is 3. The van der Waals surface area contributed by atoms with E-state index in [0.29, 0.717) is 6.42 Å². The number of likely N-dealkylation sites (tertiary alicyclic amines) is 1. The van der Waals surface area contributed by atoms with Crippen molar-refractivity contribution in [3.63, 3.8) is 0 Å². The van der Waals surface area contributed by atoms with Crippen LogP contribution in [-0.4, -0.2) is 95.9 Å². The number of carbonyl (C=O) groups excluding carboxylic acids is 1. The van der Waals surface area contributed by atoms with E-state index >= 15 is 0 Å². The quantitative estimate of drug-likeness (QED) is 0.806. The smallest absolute Gasteiger partial charge is 0.239 e. The lowest BCUT2D eigenvalue weighted by molar-refractivity contribution is -0.132. The zero-order valence-corrected chi connectivity index (χ0v) is 15.5. The third-order valence-corrected chi connectivity index (χ3v) is 5.80. The Morgan fingerprint density at radius 3 is 2.56 bits per heavy atom. The van der Waals surface area contributed by atoms with Crippen LogP contribution >= 0.6 is 0 Å². The molecule has 1 aromatic heterocycles. The molecular formula is C18H26F2N6O. The van der Waals surface area contributed by atoms with Gasteiger partial charge in [0.05, 0.1) is 19.1 Å². The van der Waals surface area contributed by atoms with E-state index in [4.69, 9.17) is 0 Å². The molecule has 3 saturated heterocycles. The number of aromatic nitrogens is 2. The zero-order chi connectivity index (χ0) is 19.0. The molecule has 0 saturated carbocycles. The molecule has 0 aliphatic carbocycles. The van der Waals surface area contributed by atoms with Crippen LogP contribution in [-0.2, 0) is 4.79 Å². The van der Waals surface area contributed by atoms with Crippen molar-refractivity contribution in [3.05, 3.63) is 18.0 Å². The summed E-state index contributed by atoms with van der Waals surface area (Å²) >= 11 is 0. The van der Waals surface area contributed by atoms with E-state index in [2.05, 4.69) is 25.1 Å². The van der Waals surface area contributed by atoms with Crippen LogP contribution in [0.5, 0.6) is 0 Å². The minimum absolute atomic E-state index is 0.127. The fourth-order valence-corrected chi connectivity index (χ4v) is 4.18. The third-order valence-electron chi connectivity index (χ3n) is 5.80. The van der Waals surface area contributed by atoms with Gasteiger partial charge in [-0.15, -0.1) is 0 Å². The normalized spacial score (nSPS) is 32.3. The Hall–Kier alpha value is -1.87. The highest BCUT2D eigenvalue weighted by Crippen LogP contribution is 2.22. The summed E-state index contributed by atoms with van der Waals surface area (Å²) in [5.74, 6) is 0.593. The van der Waals surface area contributed by atoms with Crippen LogP contribution in [0.4, 0.5) is 14.7 Å². The SMILES string of the molecule is Cc1ccnc(N2CCN([C@@H]3CN[C@H](C(=O)N4C[C@@H](F)[C@@H](F)C4)C3)CC2)n1. The molecule has 0 bridgehead atoms. The van der Waals surface area contributed by atoms with Crippen molar-refractivity contribution in [1.29, 1.82) is 0 Å². The van der Waals surface area contributed by atoms with Crippen molar-refractivity contribution >= 4 is 11.9 Å². The highest BCUT2D eigenvalue weighted by molar-refractivity contribution is 5.82. The molecule has 0 radical (unpaired) electrons. The number of anilines is 1. The number of carbonyl (C=O) groups is 1. The Morgan fingerprint density at radius 2 is 1.89 bits per heavy atom. The second kappa shape index (κ2) is 7.63. The second-order valence-electron chi connectivity index (χ2n) is 7.65. The van der Waals surface area contributed by atoms with E-state index < -0.39 is 12.3 Å². The number of nitrogens with zero attached hydrogens (tertiary/aromatic N) is 5. The molecule has 1 amide bonds. The molecule has 0 unspecified atom stereocenters. The first kappa shape index (κ1) is 18.5. The molecule has 9 heteroatoms. The van der Waals surface area contributed by atoms with Crippen molar-refractivity contribution in [2.75, 3.05) is 50.7 Å². The van der Waals surface area contributed by atoms with Crippen LogP contribution in [0.25, 0.3) is 0 Å². The number of amides is 1. The molecule has 1 aromatic rings. The maximum atomic E-state index is 13.4. The van der Waals surface area contributed by atoms with Crippen LogP contribution in [0.1, 0.15) is 12.1 Å². The second-order valence-corrected chi connectivity index (χ2v) is 7.65. The van der Waals surface area contributed by atoms with Crippen molar-refractivity contribution in [1.82, 2.24) is 25.1 Å². The molecule has 3 fully saturated rings. The average Bonchev–Trinajstić information content (AvgIpc) is 3.29. The summed E-state index contributed by atoms with van der Waals surface area (Å²) < 4.78 is 26.7. The van der Waals surface area contributed by atoms with E-state index in [1.54, 1.807) is 6.20 Å². The number of aryl methyl sites for hydroxylation is 1. The van der Waals surface area contributed by atoms with Gasteiger partial charge in [0.15, 0.2) is 12.3 Å². The minimum Gasteiger partial charge on any atom is -0.338 e. The first-order valence-electron chi connectivity index (χ1n) is 9.60. The molecule has 27 heavy (non-hydrogen) atoms. The summed E-state index contributed by atoms with van der Waals surface area (Å²) in [5.41, 5.74) is 0.955. The van der Waals surface area contributed by atoms with Gasteiger partial charge in [0.2, 0.25) is 11.9 Å². The minimum atomic E-state index is -1.55. The van der Waals surface area contributed by atoms with Gasteiger partial charge in [0.1, 0.15) is 0 Å². The van der Waals surface area contributed by atoms with Gasteiger partial charge in [-0.05, 0) is 19.4 Å². The monoisotopic (exact) mass is 380 g/mol. The summed E-state index contributed by atoms with van der Waals surface area (Å²) in [6.07, 6.45) is -0.640. The number of hydrogen-bond donors (Lipinski definition) is 1. The van der Waals surface area contributed by atoms with Gasteiger partial charge < -0.3 is 15.1 Å². The lowest BCUT2D eigenvalue weighted by Crippen LogP contribution is -2.51. The van der Waals surface area contributed by atoms with Gasteiger partial charge in [-0.2, -0.15) is 0 Å². The Balaban J connectivity index is 1.28. The number of nitrogens with one attached hydrogen (secondary N) is 1. The molecular weight excluding hydrogens is 354 g/mol. The maximum Gasteiger partial charge on any atom is 0.239 e. The lowest BCUT2D eigenvalue weighted by atomic mass is 10.1. The summed E-state index contributed by atoms with van der Waals surface area (Å²) in [4.78, 5) is 27.2. The van der Waals surface area contributed by atoms with Crippen LogP contribution in [0.15, 0.2) is 12.3 Å². The van der Waals surface area contributed by atoms with E-state index in [-0.39, 0.29) is 31.1 Å². The standard InChI is InChI=1S/C18H26F2N6O/c1-12-2-3-21-18(23-12)25-6-4-24(5-7-25)13-8-16(22-9-13)17(27)26-10-14(19)15(20)11-26/h2-3,13-16,22H,4-11H2,1H3/t13-,14-,15+,16-/m0/s1. The van der Waals surface area contributed by atoms with Crippen molar-refractivity contribution in [2.45, 2.75) is 37.8 Å². The van der Waals surface area contributed by atoms with Gasteiger partial charge in [0.25, 0.3) is 0 Å². The highest BCUT2D eigenvalue weighted by atomic mass is 19.2. The van der Waals surface area contributed by atoms with Crippen molar-refractivity contribution in [3.8, 4) is 0 Å². The van der Waals surface area contributed by atoms with Crippen molar-refractivity contribution in [2.24, 2.45) is 0 Å². The topological polar surface area (TPSA) is 64.6 Å². The number of hydrogen-bond acceptors (Lipinski definition) is 6. The number of alkyl halides is 2. The highest BCUT2D eigenvalue weighted by Gasteiger charge is 2.41. The van der Waals surface area contributed by atoms with Crippen molar-refractivity contribution < 1.29 is 13.6 Å². The van der Waals surface area contributed by atoms with Crippen LogP contribution in [0.3, 0.4) is 0 Å². The Morgan fingerprint density at radius 1 is 1.19 bits per heavy atom. The van der Waals surface area contributed by atoms with Gasteiger partial charge in [0, 0.05) is 50.7 Å². The molecule has 148 valence electrons. The molecule has 4 rings (SSSR count). The molecule has 3 aliphatic heterocycles. The van der Waals surface area contributed by atoms with Crippen LogP contribution < -0.4 is 10.2 Å². The summed E-state index contributed by atoms with van der Waals surface area (Å²) in [7, 11) is 0. The molecule has 0 spiro atoms. The van der Waals surface area contributed by atoms with E-state index in [1.807, 2.05) is 13.0 Å². The average molecular weight is 380 g/mol. The van der Waals surface area contributed by atoms with Gasteiger partial charge in [-0.3, -0.25) is 9.69 Å². The third kappa shape index (κ3) is 3.89. The molecule has 7 nitrogen and oxygen atoms in total. The van der Waals surface area contributed by atoms with E-state index in [0.717, 1.165) is 44.4 Å². The Kier molecular flexibility index (Phi) is 5.23. The molecule has 3 aliphatic rings. The largest absolute Gasteiger partial charge is 0.338 e. The molecule has 1 N–H and O–H groups in total. The van der Waals surface area contributed by atoms with Crippen LogP contribution in [0.2, 0.25) is 0 Å². The fourth-order valence-electron chi connectivity index (χ4n) is 4.18. The predicted molar refractivity (Wildman–Crippen MR) is 97.1 cm³/mol. The molecule has 4 heterocycles. The van der Waals surface area contributed by atoms with E-state index in [1.165, 1.54) is 4.90 Å². The lowest BCUT2D eigenvalue weighted by Gasteiger charge is -2.37. The molecule has 0 aromatic carbocycles. The van der Waals surface area contributed by atoms with Gasteiger partial charge in [-0.25, -0.2) is 18.7 Å². The summed E-state index contributed by atoms with van der Waals surface area (Å²) in [5, 5.41) is 3.24.